The van der Waals surface area contributed by atoms with Crippen molar-refractivity contribution < 1.29 is 14.7 Å². The molecule has 0 spiro atoms. The van der Waals surface area contributed by atoms with Gasteiger partial charge in [-0.2, -0.15) is 5.01 Å². The number of amides is 1. The van der Waals surface area contributed by atoms with Crippen LogP contribution in [-0.4, -0.2) is 36.1 Å². The molecule has 2 N–H and O–H groups in total. The number of carbonyl (C=O) groups is 2. The second kappa shape index (κ2) is 7.56. The van der Waals surface area contributed by atoms with E-state index in [1.165, 1.54) is 24.3 Å². The average Bonchev–Trinajstić information content (AvgIpc) is 3.07. The number of fused-ring (bicyclic) bond motifs is 1. The van der Waals surface area contributed by atoms with Gasteiger partial charge in [-0.3, -0.25) is 9.59 Å². The number of aromatic amines is 1. The zero-order valence-corrected chi connectivity index (χ0v) is 17.2. The van der Waals surface area contributed by atoms with E-state index in [-0.39, 0.29) is 22.5 Å². The SMILES string of the molecule is Cc1c2c([nH]c(=O)/c1=C\c1ccc(N(C)C)cc1)=NN(c1ccc(C(=O)O)cc1)C2=O. The summed E-state index contributed by atoms with van der Waals surface area (Å²) in [6, 6.07) is 13.5. The van der Waals surface area contributed by atoms with E-state index in [4.69, 9.17) is 5.11 Å². The number of anilines is 2. The highest BCUT2D eigenvalue weighted by atomic mass is 16.4. The van der Waals surface area contributed by atoms with Gasteiger partial charge in [-0.05, 0) is 60.5 Å². The largest absolute Gasteiger partial charge is 0.478 e. The molecule has 0 fully saturated rings. The molecule has 2 aromatic carbocycles. The Balaban J connectivity index is 1.76. The molecule has 0 unspecified atom stereocenters. The number of nitrogens with zero attached hydrogens (tertiary/aromatic N) is 3. The lowest BCUT2D eigenvalue weighted by atomic mass is 10.1. The molecule has 0 atom stereocenters. The molecule has 8 nitrogen and oxygen atoms in total. The Morgan fingerprint density at radius 3 is 2.29 bits per heavy atom. The second-order valence-electron chi connectivity index (χ2n) is 7.42. The number of carbonyl (C=O) groups excluding carboxylic acids is 1. The van der Waals surface area contributed by atoms with Crippen LogP contribution in [0.4, 0.5) is 11.4 Å². The number of hydrogen-bond donors (Lipinski definition) is 2. The van der Waals surface area contributed by atoms with Crippen molar-refractivity contribution >= 4 is 29.3 Å². The van der Waals surface area contributed by atoms with Crippen molar-refractivity contribution in [2.75, 3.05) is 24.0 Å². The van der Waals surface area contributed by atoms with E-state index in [0.717, 1.165) is 16.3 Å². The molecule has 1 aromatic heterocycles. The van der Waals surface area contributed by atoms with Crippen molar-refractivity contribution in [1.29, 1.82) is 0 Å². The van der Waals surface area contributed by atoms with E-state index >= 15 is 0 Å². The zero-order valence-electron chi connectivity index (χ0n) is 17.2. The van der Waals surface area contributed by atoms with Gasteiger partial charge in [0.25, 0.3) is 11.5 Å². The van der Waals surface area contributed by atoms with Crippen LogP contribution in [0.15, 0.2) is 58.4 Å². The highest BCUT2D eigenvalue weighted by molar-refractivity contribution is 6.08. The summed E-state index contributed by atoms with van der Waals surface area (Å²) in [4.78, 5) is 41.5. The maximum absolute atomic E-state index is 13.0. The molecule has 156 valence electrons. The van der Waals surface area contributed by atoms with Gasteiger partial charge in [0.15, 0.2) is 5.49 Å². The predicted molar refractivity (Wildman–Crippen MR) is 117 cm³/mol. The quantitative estimate of drug-likeness (QED) is 0.670. The number of hydrogen-bond acceptors (Lipinski definition) is 5. The number of benzene rings is 2. The second-order valence-corrected chi connectivity index (χ2v) is 7.42. The smallest absolute Gasteiger partial charge is 0.335 e. The number of carboxylic acid groups (broad SMARTS) is 1. The first kappa shape index (κ1) is 20.1. The lowest BCUT2D eigenvalue weighted by molar-refractivity contribution is 0.0696. The third kappa shape index (κ3) is 3.59. The number of pyridine rings is 1. The fraction of sp³-hybridized carbons (Fsp3) is 0.130. The number of carboxylic acids is 1. The maximum Gasteiger partial charge on any atom is 0.335 e. The van der Waals surface area contributed by atoms with Crippen LogP contribution in [-0.2, 0) is 0 Å². The molecule has 3 aromatic rings. The van der Waals surface area contributed by atoms with Gasteiger partial charge in [0, 0.05) is 25.0 Å². The highest BCUT2D eigenvalue weighted by Gasteiger charge is 2.28. The zero-order chi connectivity index (χ0) is 22.3. The van der Waals surface area contributed by atoms with Gasteiger partial charge in [0.1, 0.15) is 0 Å². The van der Waals surface area contributed by atoms with Crippen molar-refractivity contribution in [3.63, 3.8) is 0 Å². The van der Waals surface area contributed by atoms with Gasteiger partial charge in [-0.15, -0.1) is 5.10 Å². The summed E-state index contributed by atoms with van der Waals surface area (Å²) in [7, 11) is 3.90. The van der Waals surface area contributed by atoms with E-state index in [1.807, 2.05) is 43.3 Å². The predicted octanol–water partition coefficient (Wildman–Crippen LogP) is 1.47. The van der Waals surface area contributed by atoms with E-state index in [0.29, 0.717) is 22.0 Å². The molecule has 0 radical (unpaired) electrons. The highest BCUT2D eigenvalue weighted by Crippen LogP contribution is 2.21. The number of aromatic nitrogens is 1. The van der Waals surface area contributed by atoms with Gasteiger partial charge < -0.3 is 15.0 Å². The topological polar surface area (TPSA) is 106 Å². The minimum absolute atomic E-state index is 0.106. The Kier molecular flexibility index (Phi) is 4.90. The van der Waals surface area contributed by atoms with Gasteiger partial charge in [0.05, 0.1) is 16.8 Å². The van der Waals surface area contributed by atoms with Gasteiger partial charge in [-0.25, -0.2) is 4.79 Å². The van der Waals surface area contributed by atoms with Crippen LogP contribution in [0.5, 0.6) is 0 Å². The van der Waals surface area contributed by atoms with Crippen LogP contribution >= 0.6 is 0 Å². The monoisotopic (exact) mass is 416 g/mol. The van der Waals surface area contributed by atoms with E-state index in [9.17, 15) is 14.4 Å². The van der Waals surface area contributed by atoms with Crippen molar-refractivity contribution in [2.24, 2.45) is 5.10 Å². The molecule has 0 aliphatic carbocycles. The first-order chi connectivity index (χ1) is 14.8. The van der Waals surface area contributed by atoms with E-state index in [1.54, 1.807) is 13.0 Å². The Hall–Kier alpha value is -4.20. The van der Waals surface area contributed by atoms with Crippen molar-refractivity contribution in [3.8, 4) is 0 Å². The molecule has 0 bridgehead atoms. The molecule has 31 heavy (non-hydrogen) atoms. The third-order valence-electron chi connectivity index (χ3n) is 5.18. The molecular weight excluding hydrogens is 396 g/mol. The Bertz CT molecular complexity index is 1370. The Labute approximate surface area is 177 Å². The first-order valence-electron chi connectivity index (χ1n) is 9.54. The normalized spacial score (nSPS) is 13.2. The molecule has 0 saturated heterocycles. The summed E-state index contributed by atoms with van der Waals surface area (Å²) in [5, 5.41) is 14.8. The molecule has 8 heteroatoms. The molecule has 1 aliphatic heterocycles. The van der Waals surface area contributed by atoms with Crippen LogP contribution < -0.4 is 26.2 Å². The van der Waals surface area contributed by atoms with Crippen LogP contribution in [0, 0.1) is 6.92 Å². The third-order valence-corrected chi connectivity index (χ3v) is 5.18. The summed E-state index contributed by atoms with van der Waals surface area (Å²) < 4.78 is 0. The molecule has 4 rings (SSSR count). The van der Waals surface area contributed by atoms with Crippen molar-refractivity contribution in [3.05, 3.63) is 91.8 Å². The van der Waals surface area contributed by atoms with Gasteiger partial charge >= 0.3 is 5.97 Å². The number of H-pyrrole nitrogens is 1. The summed E-state index contributed by atoms with van der Waals surface area (Å²) in [5.74, 6) is -1.44. The average molecular weight is 416 g/mol. The molecule has 1 amide bonds. The summed E-state index contributed by atoms with van der Waals surface area (Å²) in [6.45, 7) is 1.72. The van der Waals surface area contributed by atoms with E-state index < -0.39 is 5.97 Å². The van der Waals surface area contributed by atoms with Gasteiger partial charge in [0.2, 0.25) is 0 Å². The summed E-state index contributed by atoms with van der Waals surface area (Å²) in [6.07, 6.45) is 1.74. The number of rotatable bonds is 4. The van der Waals surface area contributed by atoms with Crippen LogP contribution in [0.1, 0.15) is 31.8 Å². The molecule has 1 aliphatic rings. The minimum Gasteiger partial charge on any atom is -0.478 e. The fourth-order valence-electron chi connectivity index (χ4n) is 3.44. The Morgan fingerprint density at radius 1 is 1.06 bits per heavy atom. The molecule has 0 saturated carbocycles. The standard InChI is InChI=1S/C23H20N4O4/c1-13-18(12-14-4-8-16(9-5-14)26(2)3)21(28)24-20-19(13)22(29)27(25-20)17-10-6-15(7-11-17)23(30)31/h4-12H,1-3H3,(H,30,31)(H,24,25,28)/b18-12-. The van der Waals surface area contributed by atoms with Crippen LogP contribution in [0.25, 0.3) is 6.08 Å². The number of aromatic carboxylic acids is 1. The van der Waals surface area contributed by atoms with Crippen LogP contribution in [0.3, 0.4) is 0 Å². The Morgan fingerprint density at radius 2 is 1.71 bits per heavy atom. The van der Waals surface area contributed by atoms with Crippen molar-refractivity contribution in [1.82, 2.24) is 4.98 Å². The van der Waals surface area contributed by atoms with Gasteiger partial charge in [-0.1, -0.05) is 12.1 Å². The fourth-order valence-corrected chi connectivity index (χ4v) is 3.44. The molecule has 2 heterocycles. The first-order valence-corrected chi connectivity index (χ1v) is 9.54. The number of nitrogens with one attached hydrogen (secondary N) is 1. The van der Waals surface area contributed by atoms with E-state index in [2.05, 4.69) is 10.1 Å². The van der Waals surface area contributed by atoms with Crippen LogP contribution in [0.2, 0.25) is 0 Å². The molecular formula is C23H20N4O4. The lowest BCUT2D eigenvalue weighted by Crippen LogP contribution is -2.38. The van der Waals surface area contributed by atoms with Crippen molar-refractivity contribution in [2.45, 2.75) is 6.92 Å². The summed E-state index contributed by atoms with van der Waals surface area (Å²) >= 11 is 0. The lowest BCUT2D eigenvalue weighted by Gasteiger charge is -2.12. The maximum atomic E-state index is 13.0. The minimum atomic E-state index is -1.06. The summed E-state index contributed by atoms with van der Waals surface area (Å²) in [5.41, 5.74) is 3.10.